The first-order valence-corrected chi connectivity index (χ1v) is 5.70. The van der Waals surface area contributed by atoms with Gasteiger partial charge in [0.1, 0.15) is 5.82 Å². The minimum absolute atomic E-state index is 0.444. The number of anilines is 1. The number of H-pyrrole nitrogens is 1. The highest BCUT2D eigenvalue weighted by atomic mass is 15.2. The summed E-state index contributed by atoms with van der Waals surface area (Å²) < 4.78 is 0. The number of rotatable bonds is 1. The average Bonchev–Trinajstić information content (AvgIpc) is 2.67. The molecule has 0 unspecified atom stereocenters. The number of pyridine rings is 1. The summed E-state index contributed by atoms with van der Waals surface area (Å²) in [6.45, 7) is 4.33. The van der Waals surface area contributed by atoms with E-state index in [0.717, 1.165) is 16.3 Å². The second-order valence-electron chi connectivity index (χ2n) is 4.57. The van der Waals surface area contributed by atoms with Gasteiger partial charge in [-0.3, -0.25) is 5.10 Å². The molecule has 3 aromatic rings. The molecule has 0 bridgehead atoms. The van der Waals surface area contributed by atoms with Gasteiger partial charge >= 0.3 is 0 Å². The molecule has 86 valence electrons. The van der Waals surface area contributed by atoms with E-state index >= 15 is 0 Å². The van der Waals surface area contributed by atoms with Crippen LogP contribution in [0.3, 0.4) is 0 Å². The van der Waals surface area contributed by atoms with Crippen molar-refractivity contribution in [2.75, 3.05) is 5.73 Å². The lowest BCUT2D eigenvalue weighted by atomic mass is 9.99. The molecule has 2 aromatic heterocycles. The number of fused-ring (bicyclic) bond motifs is 2. The number of nitrogens with two attached hydrogens (primary N) is 1. The van der Waals surface area contributed by atoms with Crippen molar-refractivity contribution in [2.24, 2.45) is 0 Å². The third-order valence-corrected chi connectivity index (χ3v) is 3.05. The van der Waals surface area contributed by atoms with Crippen molar-refractivity contribution in [1.29, 1.82) is 0 Å². The average molecular weight is 226 g/mol. The van der Waals surface area contributed by atoms with Gasteiger partial charge < -0.3 is 5.73 Å². The van der Waals surface area contributed by atoms with Crippen molar-refractivity contribution in [3.8, 4) is 0 Å². The first kappa shape index (κ1) is 10.1. The summed E-state index contributed by atoms with van der Waals surface area (Å²) >= 11 is 0. The first-order chi connectivity index (χ1) is 8.16. The smallest absolute Gasteiger partial charge is 0.183 e. The molecule has 0 radical (unpaired) electrons. The maximum absolute atomic E-state index is 5.81. The van der Waals surface area contributed by atoms with Gasteiger partial charge in [0, 0.05) is 5.39 Å². The van der Waals surface area contributed by atoms with Crippen LogP contribution in [0, 0.1) is 0 Å². The Morgan fingerprint density at radius 2 is 2.12 bits per heavy atom. The van der Waals surface area contributed by atoms with E-state index < -0.39 is 0 Å². The van der Waals surface area contributed by atoms with Gasteiger partial charge in [-0.25, -0.2) is 4.98 Å². The number of nitrogens with zero attached hydrogens (tertiary/aromatic N) is 2. The molecule has 1 aromatic carbocycles. The normalized spacial score (nSPS) is 11.7. The number of benzene rings is 1. The lowest BCUT2D eigenvalue weighted by Crippen LogP contribution is -1.92. The molecule has 0 aliphatic heterocycles. The van der Waals surface area contributed by atoms with Gasteiger partial charge in [0.25, 0.3) is 0 Å². The summed E-state index contributed by atoms with van der Waals surface area (Å²) in [5, 5.41) is 8.87. The molecule has 2 heterocycles. The van der Waals surface area contributed by atoms with Crippen LogP contribution in [0.2, 0.25) is 0 Å². The van der Waals surface area contributed by atoms with Crippen molar-refractivity contribution in [2.45, 2.75) is 19.8 Å². The summed E-state index contributed by atoms with van der Waals surface area (Å²) in [6, 6.07) is 8.27. The van der Waals surface area contributed by atoms with E-state index in [9.17, 15) is 0 Å². The van der Waals surface area contributed by atoms with Crippen molar-refractivity contribution in [3.63, 3.8) is 0 Å². The zero-order chi connectivity index (χ0) is 12.0. The number of nitrogen functional groups attached to an aromatic ring is 1. The number of hydrogen-bond donors (Lipinski definition) is 2. The van der Waals surface area contributed by atoms with E-state index in [2.05, 4.69) is 47.2 Å². The monoisotopic (exact) mass is 226 g/mol. The van der Waals surface area contributed by atoms with Gasteiger partial charge in [-0.05, 0) is 17.5 Å². The lowest BCUT2D eigenvalue weighted by Gasteiger charge is -2.08. The SMILES string of the molecule is CC(C)c1cccc2cc3c(N)[nH]nc3nc12. The quantitative estimate of drug-likeness (QED) is 0.670. The van der Waals surface area contributed by atoms with Crippen molar-refractivity contribution in [1.82, 2.24) is 15.2 Å². The fourth-order valence-electron chi connectivity index (χ4n) is 2.13. The molecule has 0 aliphatic carbocycles. The maximum atomic E-state index is 5.81. The van der Waals surface area contributed by atoms with Crippen LogP contribution in [0.5, 0.6) is 0 Å². The molecule has 0 fully saturated rings. The van der Waals surface area contributed by atoms with Gasteiger partial charge in [-0.15, -0.1) is 0 Å². The van der Waals surface area contributed by atoms with E-state index in [4.69, 9.17) is 5.73 Å². The fourth-order valence-corrected chi connectivity index (χ4v) is 2.13. The third-order valence-electron chi connectivity index (χ3n) is 3.05. The van der Waals surface area contributed by atoms with Crippen LogP contribution in [0.1, 0.15) is 25.3 Å². The third kappa shape index (κ3) is 1.45. The van der Waals surface area contributed by atoms with Crippen LogP contribution >= 0.6 is 0 Å². The van der Waals surface area contributed by atoms with Crippen molar-refractivity contribution < 1.29 is 0 Å². The summed E-state index contributed by atoms with van der Waals surface area (Å²) in [5.41, 5.74) is 8.75. The molecule has 0 spiro atoms. The van der Waals surface area contributed by atoms with Crippen molar-refractivity contribution >= 4 is 27.8 Å². The number of para-hydroxylation sites is 1. The summed E-state index contributed by atoms with van der Waals surface area (Å²) in [7, 11) is 0. The Labute approximate surface area is 98.8 Å². The van der Waals surface area contributed by atoms with Crippen LogP contribution in [0.25, 0.3) is 21.9 Å². The highest BCUT2D eigenvalue weighted by Crippen LogP contribution is 2.27. The molecule has 0 saturated carbocycles. The van der Waals surface area contributed by atoms with Gasteiger partial charge in [0.2, 0.25) is 0 Å². The minimum Gasteiger partial charge on any atom is -0.384 e. The predicted molar refractivity (Wildman–Crippen MR) is 69.9 cm³/mol. The molecule has 0 atom stereocenters. The Hall–Kier alpha value is -2.10. The van der Waals surface area contributed by atoms with Crippen molar-refractivity contribution in [3.05, 3.63) is 29.8 Å². The van der Waals surface area contributed by atoms with E-state index in [1.165, 1.54) is 5.56 Å². The Bertz CT molecular complexity index is 697. The predicted octanol–water partition coefficient (Wildman–Crippen LogP) is 2.82. The molecule has 0 aliphatic rings. The maximum Gasteiger partial charge on any atom is 0.183 e. The van der Waals surface area contributed by atoms with Crippen LogP contribution in [-0.4, -0.2) is 15.2 Å². The largest absolute Gasteiger partial charge is 0.384 e. The molecule has 4 heteroatoms. The standard InChI is InChI=1S/C13H14N4/c1-7(2)9-5-3-4-8-6-10-12(14)16-17-13(10)15-11(8)9/h3-7H,1-2H3,(H3,14,15,16,17). The highest BCUT2D eigenvalue weighted by molar-refractivity contribution is 5.97. The first-order valence-electron chi connectivity index (χ1n) is 5.70. The Balaban J connectivity index is 2.44. The molecule has 4 nitrogen and oxygen atoms in total. The minimum atomic E-state index is 0.444. The van der Waals surface area contributed by atoms with Crippen LogP contribution in [0.15, 0.2) is 24.3 Å². The second-order valence-corrected chi connectivity index (χ2v) is 4.57. The van der Waals surface area contributed by atoms with Gasteiger partial charge in [0.05, 0.1) is 10.9 Å². The molecule has 0 saturated heterocycles. The molecule has 3 N–H and O–H groups in total. The lowest BCUT2D eigenvalue weighted by molar-refractivity contribution is 0.873. The molecular weight excluding hydrogens is 212 g/mol. The highest BCUT2D eigenvalue weighted by Gasteiger charge is 2.10. The number of aromatic amines is 1. The molecule has 17 heavy (non-hydrogen) atoms. The van der Waals surface area contributed by atoms with E-state index in [0.29, 0.717) is 17.4 Å². The van der Waals surface area contributed by atoms with Gasteiger partial charge in [-0.2, -0.15) is 5.10 Å². The Morgan fingerprint density at radius 3 is 2.88 bits per heavy atom. The summed E-state index contributed by atoms with van der Waals surface area (Å²) in [6.07, 6.45) is 0. The van der Waals surface area contributed by atoms with Crippen LogP contribution in [-0.2, 0) is 0 Å². The van der Waals surface area contributed by atoms with Crippen LogP contribution in [0.4, 0.5) is 5.82 Å². The molecular formula is C13H14N4. The number of nitrogens with one attached hydrogen (secondary N) is 1. The Morgan fingerprint density at radius 1 is 1.29 bits per heavy atom. The van der Waals surface area contributed by atoms with Crippen LogP contribution < -0.4 is 5.73 Å². The Kier molecular flexibility index (Phi) is 2.04. The number of hydrogen-bond acceptors (Lipinski definition) is 3. The van der Waals surface area contributed by atoms with E-state index in [-0.39, 0.29) is 0 Å². The fraction of sp³-hybridized carbons (Fsp3) is 0.231. The summed E-state index contributed by atoms with van der Waals surface area (Å²) in [5.74, 6) is 1.02. The second kappa shape index (κ2) is 3.45. The zero-order valence-corrected chi connectivity index (χ0v) is 9.86. The zero-order valence-electron chi connectivity index (χ0n) is 9.86. The van der Waals surface area contributed by atoms with E-state index in [1.54, 1.807) is 0 Å². The topological polar surface area (TPSA) is 67.6 Å². The summed E-state index contributed by atoms with van der Waals surface area (Å²) in [4.78, 5) is 4.60. The van der Waals surface area contributed by atoms with Gasteiger partial charge in [0.15, 0.2) is 5.65 Å². The van der Waals surface area contributed by atoms with Gasteiger partial charge in [-0.1, -0.05) is 32.0 Å². The molecule has 0 amide bonds. The molecule has 3 rings (SSSR count). The number of aromatic nitrogens is 3. The van der Waals surface area contributed by atoms with E-state index in [1.807, 2.05) is 6.07 Å².